The van der Waals surface area contributed by atoms with Crippen molar-refractivity contribution in [2.45, 2.75) is 38.3 Å². The number of rotatable bonds is 9. The number of aromatic nitrogens is 2. The third kappa shape index (κ3) is 5.39. The number of thiophene rings is 1. The normalized spacial score (nSPS) is 16.1. The van der Waals surface area contributed by atoms with Crippen LogP contribution in [0.5, 0.6) is 5.75 Å². The number of benzene rings is 2. The Bertz CT molecular complexity index is 1290. The molecule has 35 heavy (non-hydrogen) atoms. The minimum atomic E-state index is -0.828. The fourth-order valence-corrected chi connectivity index (χ4v) is 5.47. The van der Waals surface area contributed by atoms with Crippen LogP contribution in [0.4, 0.5) is 10.1 Å². The van der Waals surface area contributed by atoms with E-state index in [2.05, 4.69) is 27.9 Å². The lowest BCUT2D eigenvalue weighted by Crippen LogP contribution is -2.26. The van der Waals surface area contributed by atoms with Crippen LogP contribution in [0, 0.1) is 5.41 Å². The van der Waals surface area contributed by atoms with E-state index in [1.165, 1.54) is 19.4 Å². The van der Waals surface area contributed by atoms with E-state index in [0.717, 1.165) is 46.0 Å². The Kier molecular flexibility index (Phi) is 7.11. The quantitative estimate of drug-likeness (QED) is 0.225. The van der Waals surface area contributed by atoms with Crippen LogP contribution in [0.15, 0.2) is 60.0 Å². The van der Waals surface area contributed by atoms with Crippen molar-refractivity contribution in [2.75, 3.05) is 25.8 Å². The second-order valence-corrected chi connectivity index (χ2v) is 9.95. The van der Waals surface area contributed by atoms with Crippen molar-refractivity contribution in [1.29, 1.82) is 5.41 Å². The maximum Gasteiger partial charge on any atom is 0.228 e. The molecular formula is C27H30FN5OS. The molecule has 5 rings (SSSR count). The topological polar surface area (TPSA) is 66.2 Å². The number of fused-ring (bicyclic) bond motifs is 1. The second-order valence-electron chi connectivity index (χ2n) is 9.00. The Hall–Kier alpha value is -3.23. The number of imidazole rings is 1. The molecule has 0 saturated carbocycles. The average Bonchev–Trinajstić information content (AvgIpc) is 3.60. The number of halogens is 1. The number of hydrogen-bond acceptors (Lipinski definition) is 5. The van der Waals surface area contributed by atoms with E-state index in [1.54, 1.807) is 23.5 Å². The Labute approximate surface area is 208 Å². The number of nitrogens with one attached hydrogen (secondary N) is 2. The predicted octanol–water partition coefficient (Wildman–Crippen LogP) is 5.92. The Morgan fingerprint density at radius 1 is 1.23 bits per heavy atom. The van der Waals surface area contributed by atoms with Crippen molar-refractivity contribution in [2.24, 2.45) is 0 Å². The molecule has 4 aromatic rings. The number of amidine groups is 1. The molecule has 1 fully saturated rings. The van der Waals surface area contributed by atoms with Crippen molar-refractivity contribution in [3.63, 3.8) is 0 Å². The van der Waals surface area contributed by atoms with Crippen LogP contribution in [-0.2, 0) is 13.0 Å². The third-order valence-corrected chi connectivity index (χ3v) is 7.62. The summed E-state index contributed by atoms with van der Waals surface area (Å²) >= 11 is 1.54. The van der Waals surface area contributed by atoms with Gasteiger partial charge in [-0.3, -0.25) is 5.41 Å². The number of alkyl halides is 1. The molecule has 2 aromatic heterocycles. The summed E-state index contributed by atoms with van der Waals surface area (Å²) in [5.74, 6) is 1.92. The first-order chi connectivity index (χ1) is 17.1. The van der Waals surface area contributed by atoms with Gasteiger partial charge in [0.25, 0.3) is 0 Å². The first-order valence-electron chi connectivity index (χ1n) is 12.0. The summed E-state index contributed by atoms with van der Waals surface area (Å²) in [5, 5.41) is 13.5. The third-order valence-electron chi connectivity index (χ3n) is 6.73. The number of nitrogens with zero attached hydrogens (tertiary/aromatic N) is 3. The van der Waals surface area contributed by atoms with Gasteiger partial charge in [0.05, 0.1) is 15.9 Å². The smallest absolute Gasteiger partial charge is 0.228 e. The summed E-state index contributed by atoms with van der Waals surface area (Å²) in [5.41, 5.74) is 3.98. The van der Waals surface area contributed by atoms with Crippen LogP contribution < -0.4 is 10.1 Å². The molecule has 1 atom stereocenters. The SMILES string of the molecule is CN1CCCC1CCn1c(Cc2ccc(OCF)cc2)nc2cc(NC(=N)c3cccs3)ccc21. The molecule has 8 heteroatoms. The lowest BCUT2D eigenvalue weighted by Gasteiger charge is -2.20. The van der Waals surface area contributed by atoms with Crippen LogP contribution in [-0.4, -0.2) is 46.8 Å². The van der Waals surface area contributed by atoms with Gasteiger partial charge in [0.1, 0.15) is 17.4 Å². The number of aryl methyl sites for hydroxylation is 1. The van der Waals surface area contributed by atoms with Crippen LogP contribution >= 0.6 is 11.3 Å². The van der Waals surface area contributed by atoms with Gasteiger partial charge in [-0.2, -0.15) is 0 Å². The molecule has 2 aromatic carbocycles. The second kappa shape index (κ2) is 10.6. The Balaban J connectivity index is 1.42. The maximum atomic E-state index is 12.5. The number of likely N-dealkylation sites (tertiary alicyclic amines) is 1. The van der Waals surface area contributed by atoms with Gasteiger partial charge in [-0.25, -0.2) is 9.37 Å². The molecule has 2 N–H and O–H groups in total. The van der Waals surface area contributed by atoms with Crippen LogP contribution in [0.25, 0.3) is 11.0 Å². The summed E-state index contributed by atoms with van der Waals surface area (Å²) in [6, 6.07) is 18.2. The minimum absolute atomic E-state index is 0.388. The zero-order valence-corrected chi connectivity index (χ0v) is 20.7. The summed E-state index contributed by atoms with van der Waals surface area (Å²) in [6.07, 6.45) is 4.27. The van der Waals surface area contributed by atoms with E-state index in [0.29, 0.717) is 24.0 Å². The molecule has 182 valence electrons. The number of hydrogen-bond donors (Lipinski definition) is 2. The van der Waals surface area contributed by atoms with Crippen LogP contribution in [0.2, 0.25) is 0 Å². The highest BCUT2D eigenvalue weighted by molar-refractivity contribution is 7.12. The Morgan fingerprint density at radius 3 is 2.80 bits per heavy atom. The fraction of sp³-hybridized carbons (Fsp3) is 0.333. The van der Waals surface area contributed by atoms with Gasteiger partial charge in [0.15, 0.2) is 0 Å². The van der Waals surface area contributed by atoms with Gasteiger partial charge >= 0.3 is 0 Å². The standard InChI is InChI=1S/C27H30FN5OS/c1-32-13-2-4-21(32)12-14-33-24-11-8-20(30-27(29)25-5-3-15-35-25)17-23(24)31-26(33)16-19-6-9-22(10-7-19)34-18-28/h3,5-11,15,17,21H,2,4,12-14,16,18H2,1H3,(H2,29,30). The van der Waals surface area contributed by atoms with Crippen molar-refractivity contribution < 1.29 is 9.13 Å². The highest BCUT2D eigenvalue weighted by Gasteiger charge is 2.22. The molecule has 6 nitrogen and oxygen atoms in total. The first kappa shape index (κ1) is 23.5. The van der Waals surface area contributed by atoms with Gasteiger partial charge in [0.2, 0.25) is 6.86 Å². The van der Waals surface area contributed by atoms with Crippen molar-refractivity contribution in [3.8, 4) is 5.75 Å². The molecule has 0 amide bonds. The zero-order chi connectivity index (χ0) is 24.2. The molecular weight excluding hydrogens is 461 g/mol. The molecule has 3 heterocycles. The molecule has 1 unspecified atom stereocenters. The average molecular weight is 492 g/mol. The van der Waals surface area contributed by atoms with E-state index in [-0.39, 0.29) is 0 Å². The molecule has 1 aliphatic rings. The van der Waals surface area contributed by atoms with Gasteiger partial charge in [0, 0.05) is 24.7 Å². The summed E-state index contributed by atoms with van der Waals surface area (Å²) < 4.78 is 19.8. The summed E-state index contributed by atoms with van der Waals surface area (Å²) in [7, 11) is 2.21. The molecule has 1 saturated heterocycles. The maximum absolute atomic E-state index is 12.5. The lowest BCUT2D eigenvalue weighted by atomic mass is 10.1. The highest BCUT2D eigenvalue weighted by Crippen LogP contribution is 2.26. The van der Waals surface area contributed by atoms with E-state index >= 15 is 0 Å². The molecule has 0 radical (unpaired) electrons. The Morgan fingerprint density at radius 2 is 2.09 bits per heavy atom. The number of ether oxygens (including phenoxy) is 1. The van der Waals surface area contributed by atoms with Gasteiger partial charge < -0.3 is 19.5 Å². The van der Waals surface area contributed by atoms with Crippen molar-refractivity contribution >= 4 is 33.9 Å². The summed E-state index contributed by atoms with van der Waals surface area (Å²) in [6.45, 7) is 1.24. The molecule has 0 spiro atoms. The van der Waals surface area contributed by atoms with Crippen LogP contribution in [0.1, 0.15) is 35.5 Å². The lowest BCUT2D eigenvalue weighted by molar-refractivity contribution is 0.191. The molecule has 0 aliphatic carbocycles. The zero-order valence-electron chi connectivity index (χ0n) is 19.8. The van der Waals surface area contributed by atoms with Gasteiger partial charge in [-0.1, -0.05) is 18.2 Å². The first-order valence-corrected chi connectivity index (χ1v) is 12.9. The summed E-state index contributed by atoms with van der Waals surface area (Å²) in [4.78, 5) is 8.37. The number of anilines is 1. The molecule has 1 aliphatic heterocycles. The largest absolute Gasteiger partial charge is 0.463 e. The minimum Gasteiger partial charge on any atom is -0.463 e. The highest BCUT2D eigenvalue weighted by atomic mass is 32.1. The molecule has 0 bridgehead atoms. The van der Waals surface area contributed by atoms with Gasteiger partial charge in [-0.15, -0.1) is 11.3 Å². The van der Waals surface area contributed by atoms with Crippen molar-refractivity contribution in [1.82, 2.24) is 14.5 Å². The monoisotopic (exact) mass is 491 g/mol. The van der Waals surface area contributed by atoms with Crippen LogP contribution in [0.3, 0.4) is 0 Å². The van der Waals surface area contributed by atoms with E-state index in [1.807, 2.05) is 41.8 Å². The fourth-order valence-electron chi connectivity index (χ4n) is 4.84. The van der Waals surface area contributed by atoms with E-state index < -0.39 is 6.86 Å². The van der Waals surface area contributed by atoms with Gasteiger partial charge in [-0.05, 0) is 80.2 Å². The van der Waals surface area contributed by atoms with E-state index in [9.17, 15) is 4.39 Å². The van der Waals surface area contributed by atoms with Crippen molar-refractivity contribution in [3.05, 3.63) is 76.2 Å². The predicted molar refractivity (Wildman–Crippen MR) is 141 cm³/mol. The van der Waals surface area contributed by atoms with E-state index in [4.69, 9.17) is 15.1 Å².